The average molecular weight is 230 g/mol. The summed E-state index contributed by atoms with van der Waals surface area (Å²) in [5.41, 5.74) is -0.774. The first-order valence-corrected chi connectivity index (χ1v) is 5.91. The average Bonchev–Trinajstić information content (AvgIpc) is 1.80. The van der Waals surface area contributed by atoms with Crippen molar-refractivity contribution in [3.8, 4) is 0 Å². The van der Waals surface area contributed by atoms with Gasteiger partial charge in [0, 0.05) is 11.6 Å². The molecule has 0 amide bonds. The van der Waals surface area contributed by atoms with Gasteiger partial charge in [0.05, 0.1) is 5.75 Å². The van der Waals surface area contributed by atoms with Gasteiger partial charge in [0.2, 0.25) is 0 Å². The molecule has 13 heavy (non-hydrogen) atoms. The van der Waals surface area contributed by atoms with Crippen molar-refractivity contribution in [2.24, 2.45) is 0 Å². The Balaban J connectivity index is 4.58. The summed E-state index contributed by atoms with van der Waals surface area (Å²) in [6.45, 7) is 7.01. The first-order valence-electron chi connectivity index (χ1n) is 3.96. The Hall–Kier alpha value is 0.160. The molecule has 4 nitrogen and oxygen atoms in total. The Kier molecular flexibility index (Phi) is 4.18. The van der Waals surface area contributed by atoms with Gasteiger partial charge in [-0.05, 0) is 39.5 Å². The van der Waals surface area contributed by atoms with Crippen molar-refractivity contribution in [2.45, 2.75) is 39.3 Å². The predicted molar refractivity (Wildman–Crippen MR) is 53.3 cm³/mol. The molecule has 0 aromatic rings. The van der Waals surface area contributed by atoms with Crippen LogP contribution < -0.4 is 0 Å². The summed E-state index contributed by atoms with van der Waals surface area (Å²) in [4.78, 5) is 0. The van der Waals surface area contributed by atoms with E-state index in [1.54, 1.807) is 13.8 Å². The minimum absolute atomic E-state index is 0.0124. The summed E-state index contributed by atoms with van der Waals surface area (Å²) >= 11 is 5.87. The topological polar surface area (TPSA) is 57.6 Å². The van der Waals surface area contributed by atoms with Gasteiger partial charge in [0.25, 0.3) is 10.1 Å². The molecule has 0 saturated heterocycles. The summed E-state index contributed by atoms with van der Waals surface area (Å²) in [6, 6.07) is 0.0124. The van der Waals surface area contributed by atoms with E-state index in [1.807, 2.05) is 13.8 Å². The summed E-state index contributed by atoms with van der Waals surface area (Å²) in [7, 11) is -3.99. The fourth-order valence-electron chi connectivity index (χ4n) is 1.21. The lowest BCUT2D eigenvalue weighted by molar-refractivity contribution is 0.219. The highest BCUT2D eigenvalue weighted by Crippen LogP contribution is 2.21. The lowest BCUT2D eigenvalue weighted by Gasteiger charge is -2.34. The second-order valence-corrected chi connectivity index (χ2v) is 5.76. The minimum Gasteiger partial charge on any atom is -0.285 e. The molecule has 0 rings (SSSR count). The Morgan fingerprint density at radius 1 is 1.46 bits per heavy atom. The van der Waals surface area contributed by atoms with Gasteiger partial charge in [-0.25, -0.2) is 4.42 Å². The van der Waals surface area contributed by atoms with E-state index in [1.165, 1.54) is 4.42 Å². The van der Waals surface area contributed by atoms with Gasteiger partial charge in [-0.3, -0.25) is 4.55 Å². The van der Waals surface area contributed by atoms with Crippen molar-refractivity contribution >= 4 is 21.9 Å². The Bertz CT molecular complexity index is 261. The molecule has 0 radical (unpaired) electrons. The van der Waals surface area contributed by atoms with Crippen LogP contribution in [0.2, 0.25) is 0 Å². The third-order valence-electron chi connectivity index (χ3n) is 1.57. The molecule has 0 spiro atoms. The SMILES string of the molecule is CC(C)N(Cl)C(C)(C)CS(=O)(=O)O. The normalized spacial score (nSPS) is 14.2. The van der Waals surface area contributed by atoms with E-state index in [2.05, 4.69) is 0 Å². The molecule has 0 unspecified atom stereocenters. The van der Waals surface area contributed by atoms with E-state index in [0.717, 1.165) is 0 Å². The maximum atomic E-state index is 10.6. The van der Waals surface area contributed by atoms with Gasteiger partial charge in [-0.15, -0.1) is 0 Å². The van der Waals surface area contributed by atoms with Crippen LogP contribution in [-0.2, 0) is 10.1 Å². The van der Waals surface area contributed by atoms with Gasteiger partial charge >= 0.3 is 0 Å². The van der Waals surface area contributed by atoms with Crippen LogP contribution >= 0.6 is 11.8 Å². The lowest BCUT2D eigenvalue weighted by Crippen LogP contribution is -2.46. The van der Waals surface area contributed by atoms with E-state index < -0.39 is 15.7 Å². The summed E-state index contributed by atoms with van der Waals surface area (Å²) in [6.07, 6.45) is 0. The third-order valence-corrected chi connectivity index (χ3v) is 3.49. The van der Waals surface area contributed by atoms with Gasteiger partial charge in [-0.1, -0.05) is 0 Å². The summed E-state index contributed by atoms with van der Waals surface area (Å²) in [5, 5.41) is 0. The highest BCUT2D eigenvalue weighted by Gasteiger charge is 2.32. The molecule has 0 aliphatic rings. The summed E-state index contributed by atoms with van der Waals surface area (Å²) in [5.74, 6) is -0.373. The molecule has 0 aliphatic carbocycles. The Morgan fingerprint density at radius 3 is 2.08 bits per heavy atom. The zero-order valence-electron chi connectivity index (χ0n) is 8.28. The van der Waals surface area contributed by atoms with Gasteiger partial charge < -0.3 is 0 Å². The maximum Gasteiger partial charge on any atom is 0.266 e. The summed E-state index contributed by atoms with van der Waals surface area (Å²) < 4.78 is 31.3. The smallest absolute Gasteiger partial charge is 0.266 e. The number of nitrogens with zero attached hydrogens (tertiary/aromatic N) is 1. The second kappa shape index (κ2) is 4.13. The van der Waals surface area contributed by atoms with Crippen LogP contribution in [0.15, 0.2) is 0 Å². The molecule has 0 saturated carbocycles. The van der Waals surface area contributed by atoms with Gasteiger partial charge in [0.15, 0.2) is 0 Å². The quantitative estimate of drug-likeness (QED) is 0.587. The molecule has 0 heterocycles. The highest BCUT2D eigenvalue weighted by molar-refractivity contribution is 7.85. The number of hydrogen-bond donors (Lipinski definition) is 1. The first-order chi connectivity index (χ1) is 5.56. The number of hydrogen-bond acceptors (Lipinski definition) is 3. The molecule has 0 bridgehead atoms. The van der Waals surface area contributed by atoms with Crippen molar-refractivity contribution in [3.05, 3.63) is 0 Å². The van der Waals surface area contributed by atoms with Crippen LogP contribution in [0.1, 0.15) is 27.7 Å². The van der Waals surface area contributed by atoms with Gasteiger partial charge in [0.1, 0.15) is 0 Å². The van der Waals surface area contributed by atoms with E-state index in [-0.39, 0.29) is 11.8 Å². The predicted octanol–water partition coefficient (Wildman–Crippen LogP) is 1.52. The van der Waals surface area contributed by atoms with Crippen LogP contribution in [-0.4, -0.2) is 34.7 Å². The second-order valence-electron chi connectivity index (χ2n) is 3.94. The number of rotatable bonds is 4. The highest BCUT2D eigenvalue weighted by atomic mass is 35.5. The molecular weight excluding hydrogens is 214 g/mol. The molecule has 0 aromatic carbocycles. The molecule has 0 atom stereocenters. The van der Waals surface area contributed by atoms with Crippen molar-refractivity contribution in [1.82, 2.24) is 4.42 Å². The molecule has 0 aliphatic heterocycles. The van der Waals surface area contributed by atoms with Crippen LogP contribution in [0, 0.1) is 0 Å². The molecular formula is C7H16ClNO3S. The maximum absolute atomic E-state index is 10.6. The fraction of sp³-hybridized carbons (Fsp3) is 1.00. The van der Waals surface area contributed by atoms with E-state index in [4.69, 9.17) is 16.3 Å². The standard InChI is InChI=1S/C7H16ClNO3S/c1-6(2)9(8)7(3,4)5-13(10,11)12/h6H,5H2,1-4H3,(H,10,11,12). The van der Waals surface area contributed by atoms with Crippen LogP contribution in [0.25, 0.3) is 0 Å². The van der Waals surface area contributed by atoms with E-state index >= 15 is 0 Å². The van der Waals surface area contributed by atoms with Crippen molar-refractivity contribution in [3.63, 3.8) is 0 Å². The van der Waals surface area contributed by atoms with Crippen LogP contribution in [0.3, 0.4) is 0 Å². The Morgan fingerprint density at radius 2 is 1.85 bits per heavy atom. The third kappa shape index (κ3) is 4.81. The zero-order valence-corrected chi connectivity index (χ0v) is 9.85. The van der Waals surface area contributed by atoms with Crippen molar-refractivity contribution in [2.75, 3.05) is 5.75 Å². The largest absolute Gasteiger partial charge is 0.285 e. The monoisotopic (exact) mass is 229 g/mol. The first kappa shape index (κ1) is 13.2. The van der Waals surface area contributed by atoms with E-state index in [9.17, 15) is 8.42 Å². The lowest BCUT2D eigenvalue weighted by atomic mass is 10.1. The molecule has 0 aromatic heterocycles. The van der Waals surface area contributed by atoms with Gasteiger partial charge in [-0.2, -0.15) is 8.42 Å². The fourth-order valence-corrected chi connectivity index (χ4v) is 2.37. The Labute approximate surface area is 84.7 Å². The van der Waals surface area contributed by atoms with Crippen LogP contribution in [0.4, 0.5) is 0 Å². The van der Waals surface area contributed by atoms with E-state index in [0.29, 0.717) is 0 Å². The van der Waals surface area contributed by atoms with Crippen LogP contribution in [0.5, 0.6) is 0 Å². The van der Waals surface area contributed by atoms with Crippen molar-refractivity contribution < 1.29 is 13.0 Å². The number of halogens is 1. The van der Waals surface area contributed by atoms with Crippen molar-refractivity contribution in [1.29, 1.82) is 0 Å². The molecule has 0 fully saturated rings. The molecule has 1 N–H and O–H groups in total. The minimum atomic E-state index is -3.99. The molecule has 6 heteroatoms. The molecule has 80 valence electrons. The zero-order chi connectivity index (χ0) is 10.9.